The number of ether oxygens (including phenoxy) is 2. The first-order chi connectivity index (χ1) is 8.54. The lowest BCUT2D eigenvalue weighted by Crippen LogP contribution is -2.16. The van der Waals surface area contributed by atoms with Gasteiger partial charge in [-0.25, -0.2) is 0 Å². The SMILES string of the molecule is C=CC[C@@H](O)/C=C/[C@@H](C)[C@@H](O)/C=C/C(OC)OC. The lowest BCUT2D eigenvalue weighted by Gasteiger charge is -2.13. The van der Waals surface area contributed by atoms with Gasteiger partial charge in [0.15, 0.2) is 6.29 Å². The van der Waals surface area contributed by atoms with Gasteiger partial charge < -0.3 is 19.7 Å². The van der Waals surface area contributed by atoms with Crippen LogP contribution in [0.4, 0.5) is 0 Å². The Bertz CT molecular complexity index is 269. The largest absolute Gasteiger partial charge is 0.389 e. The third-order valence-corrected chi connectivity index (χ3v) is 2.51. The number of rotatable bonds is 9. The van der Waals surface area contributed by atoms with E-state index < -0.39 is 18.5 Å². The summed E-state index contributed by atoms with van der Waals surface area (Å²) < 4.78 is 9.94. The Labute approximate surface area is 109 Å². The molecule has 0 aliphatic carbocycles. The summed E-state index contributed by atoms with van der Waals surface area (Å²) >= 11 is 0. The second-order valence-corrected chi connectivity index (χ2v) is 4.05. The van der Waals surface area contributed by atoms with Crippen LogP contribution in [0, 0.1) is 5.92 Å². The number of hydrogen-bond donors (Lipinski definition) is 2. The van der Waals surface area contributed by atoms with Crippen LogP contribution in [-0.2, 0) is 9.47 Å². The van der Waals surface area contributed by atoms with Crippen LogP contribution in [0.15, 0.2) is 37.0 Å². The smallest absolute Gasteiger partial charge is 0.176 e. The molecule has 0 amide bonds. The molecule has 0 unspecified atom stereocenters. The van der Waals surface area contributed by atoms with Crippen LogP contribution in [0.3, 0.4) is 0 Å². The van der Waals surface area contributed by atoms with Gasteiger partial charge in [-0.15, -0.1) is 6.58 Å². The van der Waals surface area contributed by atoms with Gasteiger partial charge in [0.05, 0.1) is 12.2 Å². The first kappa shape index (κ1) is 17.1. The Kier molecular flexibility index (Phi) is 9.50. The van der Waals surface area contributed by atoms with E-state index in [1.165, 1.54) is 14.2 Å². The van der Waals surface area contributed by atoms with E-state index >= 15 is 0 Å². The molecule has 0 bridgehead atoms. The van der Waals surface area contributed by atoms with E-state index in [2.05, 4.69) is 6.58 Å². The Morgan fingerprint density at radius 1 is 1.06 bits per heavy atom. The normalized spacial score (nSPS) is 17.4. The molecule has 0 aliphatic rings. The van der Waals surface area contributed by atoms with Crippen LogP contribution in [0.2, 0.25) is 0 Å². The third kappa shape index (κ3) is 7.40. The van der Waals surface area contributed by atoms with Crippen LogP contribution in [-0.4, -0.2) is 42.9 Å². The standard InChI is InChI=1S/C14H24O4/c1-5-6-12(15)8-7-11(2)13(16)9-10-14(17-3)18-4/h5,7-16H,1,6H2,2-4H3/b8-7+,10-9+/t11-,12-,13+/m1/s1. The molecule has 0 spiro atoms. The summed E-state index contributed by atoms with van der Waals surface area (Å²) in [5.41, 5.74) is 0. The third-order valence-electron chi connectivity index (χ3n) is 2.51. The molecular weight excluding hydrogens is 232 g/mol. The van der Waals surface area contributed by atoms with Crippen LogP contribution < -0.4 is 0 Å². The average molecular weight is 256 g/mol. The predicted octanol–water partition coefficient (Wildman–Crippen LogP) is 1.65. The summed E-state index contributed by atoms with van der Waals surface area (Å²) in [4.78, 5) is 0. The lowest BCUT2D eigenvalue weighted by molar-refractivity contribution is -0.0672. The molecule has 4 heteroatoms. The summed E-state index contributed by atoms with van der Waals surface area (Å²) in [6, 6.07) is 0. The maximum Gasteiger partial charge on any atom is 0.176 e. The zero-order chi connectivity index (χ0) is 14.0. The van der Waals surface area contributed by atoms with Crippen molar-refractivity contribution in [1.82, 2.24) is 0 Å². The van der Waals surface area contributed by atoms with Crippen molar-refractivity contribution in [2.75, 3.05) is 14.2 Å². The van der Waals surface area contributed by atoms with E-state index in [0.29, 0.717) is 6.42 Å². The summed E-state index contributed by atoms with van der Waals surface area (Å²) in [7, 11) is 3.06. The van der Waals surface area contributed by atoms with E-state index in [-0.39, 0.29) is 5.92 Å². The molecule has 0 saturated heterocycles. The zero-order valence-corrected chi connectivity index (χ0v) is 11.3. The molecular formula is C14H24O4. The molecule has 0 radical (unpaired) electrons. The van der Waals surface area contributed by atoms with Crippen molar-refractivity contribution in [1.29, 1.82) is 0 Å². The Balaban J connectivity index is 4.24. The van der Waals surface area contributed by atoms with Crippen molar-refractivity contribution in [3.63, 3.8) is 0 Å². The van der Waals surface area contributed by atoms with E-state index in [4.69, 9.17) is 9.47 Å². The number of aliphatic hydroxyl groups excluding tert-OH is 2. The minimum atomic E-state index is -0.648. The molecule has 3 atom stereocenters. The van der Waals surface area contributed by atoms with Crippen LogP contribution in [0.5, 0.6) is 0 Å². The highest BCUT2D eigenvalue weighted by Crippen LogP contribution is 2.09. The second-order valence-electron chi connectivity index (χ2n) is 4.05. The van der Waals surface area contributed by atoms with E-state index in [9.17, 15) is 10.2 Å². The van der Waals surface area contributed by atoms with Gasteiger partial charge in [0.1, 0.15) is 0 Å². The Morgan fingerprint density at radius 3 is 2.17 bits per heavy atom. The molecule has 4 nitrogen and oxygen atoms in total. The Morgan fingerprint density at radius 2 is 1.67 bits per heavy atom. The van der Waals surface area contributed by atoms with Gasteiger partial charge in [-0.2, -0.15) is 0 Å². The molecule has 0 saturated carbocycles. The zero-order valence-electron chi connectivity index (χ0n) is 11.3. The fraction of sp³-hybridized carbons (Fsp3) is 0.571. The van der Waals surface area contributed by atoms with Gasteiger partial charge >= 0.3 is 0 Å². The van der Waals surface area contributed by atoms with E-state index in [0.717, 1.165) is 0 Å². The highest BCUT2D eigenvalue weighted by Gasteiger charge is 2.09. The monoisotopic (exact) mass is 256 g/mol. The number of hydrogen-bond acceptors (Lipinski definition) is 4. The molecule has 104 valence electrons. The summed E-state index contributed by atoms with van der Waals surface area (Å²) in [6.45, 7) is 5.41. The maximum absolute atomic E-state index is 9.85. The van der Waals surface area contributed by atoms with Crippen LogP contribution >= 0.6 is 0 Å². The molecule has 0 aromatic heterocycles. The molecule has 0 fully saturated rings. The highest BCUT2D eigenvalue weighted by atomic mass is 16.7. The molecule has 0 aliphatic heterocycles. The first-order valence-electron chi connectivity index (χ1n) is 5.94. The van der Waals surface area contributed by atoms with Gasteiger partial charge in [-0.3, -0.25) is 0 Å². The van der Waals surface area contributed by atoms with Gasteiger partial charge in [-0.1, -0.05) is 31.2 Å². The highest BCUT2D eigenvalue weighted by molar-refractivity contribution is 5.02. The van der Waals surface area contributed by atoms with Crippen molar-refractivity contribution >= 4 is 0 Å². The molecule has 0 heterocycles. The minimum absolute atomic E-state index is 0.102. The van der Waals surface area contributed by atoms with Crippen molar-refractivity contribution in [3.05, 3.63) is 37.0 Å². The summed E-state index contributed by atoms with van der Waals surface area (Å²) in [5.74, 6) is -0.102. The fourth-order valence-electron chi connectivity index (χ4n) is 1.30. The molecule has 2 N–H and O–H groups in total. The van der Waals surface area contributed by atoms with Crippen molar-refractivity contribution < 1.29 is 19.7 Å². The van der Waals surface area contributed by atoms with E-state index in [1.807, 2.05) is 6.92 Å². The predicted molar refractivity (Wildman–Crippen MR) is 72.1 cm³/mol. The van der Waals surface area contributed by atoms with Crippen molar-refractivity contribution in [2.45, 2.75) is 31.8 Å². The van der Waals surface area contributed by atoms with Gasteiger partial charge in [0, 0.05) is 20.1 Å². The average Bonchev–Trinajstić information content (AvgIpc) is 2.37. The fourth-order valence-corrected chi connectivity index (χ4v) is 1.30. The van der Waals surface area contributed by atoms with Gasteiger partial charge in [0.25, 0.3) is 0 Å². The quantitative estimate of drug-likeness (QED) is 0.486. The topological polar surface area (TPSA) is 58.9 Å². The van der Waals surface area contributed by atoms with Crippen LogP contribution in [0.25, 0.3) is 0 Å². The lowest BCUT2D eigenvalue weighted by atomic mass is 10.0. The van der Waals surface area contributed by atoms with Crippen molar-refractivity contribution in [2.24, 2.45) is 5.92 Å². The molecule has 18 heavy (non-hydrogen) atoms. The molecule has 0 aromatic carbocycles. The van der Waals surface area contributed by atoms with Crippen LogP contribution in [0.1, 0.15) is 13.3 Å². The number of methoxy groups -OCH3 is 2. The van der Waals surface area contributed by atoms with Gasteiger partial charge in [-0.05, 0) is 12.5 Å². The maximum atomic E-state index is 9.85. The minimum Gasteiger partial charge on any atom is -0.389 e. The first-order valence-corrected chi connectivity index (χ1v) is 5.94. The molecule has 0 aromatic rings. The van der Waals surface area contributed by atoms with Crippen molar-refractivity contribution in [3.8, 4) is 0 Å². The number of aliphatic hydroxyl groups is 2. The second kappa shape index (κ2) is 10.0. The Hall–Kier alpha value is -0.940. The molecule has 0 rings (SSSR count). The van der Waals surface area contributed by atoms with E-state index in [1.54, 1.807) is 30.4 Å². The summed E-state index contributed by atoms with van der Waals surface area (Å²) in [5, 5.41) is 19.3. The summed E-state index contributed by atoms with van der Waals surface area (Å²) in [6.07, 6.45) is 7.20. The van der Waals surface area contributed by atoms with Gasteiger partial charge in [0.2, 0.25) is 0 Å².